The van der Waals surface area contributed by atoms with Crippen LogP contribution in [0.25, 0.3) is 0 Å². The van der Waals surface area contributed by atoms with Gasteiger partial charge in [-0.1, -0.05) is 45.0 Å². The van der Waals surface area contributed by atoms with E-state index in [0.717, 1.165) is 32.7 Å². The predicted octanol–water partition coefficient (Wildman–Crippen LogP) is 3.03. The maximum atomic E-state index is 3.48. The molecular weight excluding hydrogens is 208 g/mol. The Morgan fingerprint density at radius 3 is 2.24 bits per heavy atom. The summed E-state index contributed by atoms with van der Waals surface area (Å²) in [7, 11) is 0. The minimum atomic E-state index is 0.991. The normalized spacial score (nSPS) is 11.1. The zero-order valence-electron chi connectivity index (χ0n) is 11.5. The second-order valence-electron chi connectivity index (χ2n) is 4.41. The van der Waals surface area contributed by atoms with Crippen molar-refractivity contribution in [2.45, 2.75) is 40.3 Å². The molecule has 0 bridgehead atoms. The van der Waals surface area contributed by atoms with Gasteiger partial charge in [0, 0.05) is 13.1 Å². The van der Waals surface area contributed by atoms with E-state index in [1.807, 2.05) is 0 Å². The van der Waals surface area contributed by atoms with E-state index in [4.69, 9.17) is 0 Å². The topological polar surface area (TPSA) is 15.3 Å². The number of rotatable bonds is 8. The maximum Gasteiger partial charge on any atom is 0.0236 e. The van der Waals surface area contributed by atoms with Gasteiger partial charge in [-0.3, -0.25) is 4.90 Å². The molecule has 0 spiro atoms. The lowest BCUT2D eigenvalue weighted by Crippen LogP contribution is -2.24. The van der Waals surface area contributed by atoms with Crippen molar-refractivity contribution in [3.05, 3.63) is 35.4 Å². The van der Waals surface area contributed by atoms with Crippen LogP contribution in [0.3, 0.4) is 0 Å². The van der Waals surface area contributed by atoms with E-state index >= 15 is 0 Å². The minimum Gasteiger partial charge on any atom is -0.313 e. The quantitative estimate of drug-likeness (QED) is 0.696. The summed E-state index contributed by atoms with van der Waals surface area (Å²) in [5.41, 5.74) is 2.90. The number of nitrogens with one attached hydrogen (secondary N) is 1. The standard InChI is InChI=1S/C15H26N2/c1-4-11-16-12-14-9-7-8-10-15(14)13-17(5-2)6-3/h7-10,16H,4-6,11-13H2,1-3H3. The fraction of sp³-hybridized carbons (Fsp3) is 0.600. The van der Waals surface area contributed by atoms with Crippen LogP contribution in [0.2, 0.25) is 0 Å². The molecule has 0 aliphatic rings. The molecular formula is C15H26N2. The van der Waals surface area contributed by atoms with Crippen molar-refractivity contribution in [2.24, 2.45) is 0 Å². The molecule has 17 heavy (non-hydrogen) atoms. The Hall–Kier alpha value is -0.860. The molecule has 0 radical (unpaired) electrons. The van der Waals surface area contributed by atoms with Crippen molar-refractivity contribution in [1.29, 1.82) is 0 Å². The van der Waals surface area contributed by atoms with Gasteiger partial charge in [-0.15, -0.1) is 0 Å². The summed E-state index contributed by atoms with van der Waals surface area (Å²) in [4.78, 5) is 2.46. The second kappa shape index (κ2) is 8.26. The monoisotopic (exact) mass is 234 g/mol. The zero-order chi connectivity index (χ0) is 12.5. The highest BCUT2D eigenvalue weighted by Crippen LogP contribution is 2.11. The van der Waals surface area contributed by atoms with Crippen LogP contribution < -0.4 is 5.32 Å². The molecule has 0 aliphatic heterocycles. The molecule has 0 aliphatic carbocycles. The van der Waals surface area contributed by atoms with Crippen LogP contribution in [-0.2, 0) is 13.1 Å². The lowest BCUT2D eigenvalue weighted by atomic mass is 10.1. The smallest absolute Gasteiger partial charge is 0.0236 e. The number of nitrogens with zero attached hydrogens (tertiary/aromatic N) is 1. The van der Waals surface area contributed by atoms with Crippen molar-refractivity contribution < 1.29 is 0 Å². The predicted molar refractivity (Wildman–Crippen MR) is 75.1 cm³/mol. The highest BCUT2D eigenvalue weighted by Gasteiger charge is 2.05. The molecule has 0 atom stereocenters. The van der Waals surface area contributed by atoms with Crippen molar-refractivity contribution in [3.8, 4) is 0 Å². The Morgan fingerprint density at radius 1 is 1.00 bits per heavy atom. The van der Waals surface area contributed by atoms with Gasteiger partial charge in [0.25, 0.3) is 0 Å². The average Bonchev–Trinajstić information content (AvgIpc) is 2.38. The van der Waals surface area contributed by atoms with Crippen LogP contribution in [0.5, 0.6) is 0 Å². The molecule has 0 aromatic heterocycles. The molecule has 2 nitrogen and oxygen atoms in total. The third-order valence-corrected chi connectivity index (χ3v) is 3.15. The molecule has 0 unspecified atom stereocenters. The van der Waals surface area contributed by atoms with E-state index in [9.17, 15) is 0 Å². The van der Waals surface area contributed by atoms with E-state index < -0.39 is 0 Å². The number of hydrogen-bond acceptors (Lipinski definition) is 2. The molecule has 1 aromatic rings. The first-order chi connectivity index (χ1) is 8.31. The molecule has 0 saturated heterocycles. The summed E-state index contributed by atoms with van der Waals surface area (Å²) >= 11 is 0. The molecule has 0 saturated carbocycles. The van der Waals surface area contributed by atoms with Crippen LogP contribution in [-0.4, -0.2) is 24.5 Å². The van der Waals surface area contributed by atoms with Crippen molar-refractivity contribution >= 4 is 0 Å². The maximum absolute atomic E-state index is 3.48. The van der Waals surface area contributed by atoms with Crippen LogP contribution in [0.4, 0.5) is 0 Å². The first-order valence-corrected chi connectivity index (χ1v) is 6.81. The third-order valence-electron chi connectivity index (χ3n) is 3.15. The molecule has 0 amide bonds. The SMILES string of the molecule is CCCNCc1ccccc1CN(CC)CC. The Morgan fingerprint density at radius 2 is 1.65 bits per heavy atom. The third kappa shape index (κ3) is 4.88. The van der Waals surface area contributed by atoms with Crippen molar-refractivity contribution in [2.75, 3.05) is 19.6 Å². The van der Waals surface area contributed by atoms with Gasteiger partial charge in [0.15, 0.2) is 0 Å². The van der Waals surface area contributed by atoms with Crippen LogP contribution in [0, 0.1) is 0 Å². The molecule has 1 aromatic carbocycles. The molecule has 1 N–H and O–H groups in total. The first kappa shape index (κ1) is 14.2. The summed E-state index contributed by atoms with van der Waals surface area (Å²) in [6.07, 6.45) is 1.19. The van der Waals surface area contributed by atoms with Gasteiger partial charge in [0.2, 0.25) is 0 Å². The van der Waals surface area contributed by atoms with Crippen LogP contribution >= 0.6 is 0 Å². The fourth-order valence-electron chi connectivity index (χ4n) is 1.97. The van der Waals surface area contributed by atoms with E-state index in [2.05, 4.69) is 55.3 Å². The Bertz CT molecular complexity index is 306. The van der Waals surface area contributed by atoms with Gasteiger partial charge in [-0.25, -0.2) is 0 Å². The molecule has 96 valence electrons. The van der Waals surface area contributed by atoms with Crippen LogP contribution in [0.15, 0.2) is 24.3 Å². The lowest BCUT2D eigenvalue weighted by Gasteiger charge is -2.20. The summed E-state index contributed by atoms with van der Waals surface area (Å²) in [5.74, 6) is 0. The van der Waals surface area contributed by atoms with Crippen molar-refractivity contribution in [1.82, 2.24) is 10.2 Å². The summed E-state index contributed by atoms with van der Waals surface area (Å²) < 4.78 is 0. The van der Waals surface area contributed by atoms with Gasteiger partial charge in [-0.05, 0) is 37.2 Å². The Labute approximate surface area is 106 Å². The minimum absolute atomic E-state index is 0.991. The van der Waals surface area contributed by atoms with Gasteiger partial charge in [0.1, 0.15) is 0 Å². The molecule has 0 fully saturated rings. The largest absolute Gasteiger partial charge is 0.313 e. The highest BCUT2D eigenvalue weighted by molar-refractivity contribution is 5.26. The lowest BCUT2D eigenvalue weighted by molar-refractivity contribution is 0.295. The summed E-state index contributed by atoms with van der Waals surface area (Å²) in [6, 6.07) is 8.76. The van der Waals surface area contributed by atoms with E-state index in [1.54, 1.807) is 0 Å². The molecule has 1 rings (SSSR count). The van der Waals surface area contributed by atoms with Gasteiger partial charge in [-0.2, -0.15) is 0 Å². The van der Waals surface area contributed by atoms with Gasteiger partial charge in [0.05, 0.1) is 0 Å². The number of hydrogen-bond donors (Lipinski definition) is 1. The molecule has 0 heterocycles. The van der Waals surface area contributed by atoms with Gasteiger partial charge < -0.3 is 5.32 Å². The zero-order valence-corrected chi connectivity index (χ0v) is 11.5. The fourth-order valence-corrected chi connectivity index (χ4v) is 1.97. The summed E-state index contributed by atoms with van der Waals surface area (Å²) in [5, 5.41) is 3.48. The van der Waals surface area contributed by atoms with Crippen molar-refractivity contribution in [3.63, 3.8) is 0 Å². The second-order valence-corrected chi connectivity index (χ2v) is 4.41. The molecule has 2 heteroatoms. The van der Waals surface area contributed by atoms with E-state index in [0.29, 0.717) is 0 Å². The average molecular weight is 234 g/mol. The van der Waals surface area contributed by atoms with E-state index in [1.165, 1.54) is 17.5 Å². The van der Waals surface area contributed by atoms with E-state index in [-0.39, 0.29) is 0 Å². The van der Waals surface area contributed by atoms with Crippen LogP contribution in [0.1, 0.15) is 38.3 Å². The highest BCUT2D eigenvalue weighted by atomic mass is 15.1. The Balaban J connectivity index is 2.63. The number of benzene rings is 1. The first-order valence-electron chi connectivity index (χ1n) is 6.81. The van der Waals surface area contributed by atoms with Gasteiger partial charge >= 0.3 is 0 Å². The Kier molecular flexibility index (Phi) is 6.90. The summed E-state index contributed by atoms with van der Waals surface area (Å²) in [6.45, 7) is 12.0.